The van der Waals surface area contributed by atoms with E-state index in [1.165, 1.54) is 16.7 Å². The number of aromatic nitrogens is 2. The molecule has 3 N–H and O–H groups in total. The Balaban J connectivity index is 2.29. The third kappa shape index (κ3) is 3.24. The summed E-state index contributed by atoms with van der Waals surface area (Å²) in [6, 6.07) is 6.71. The Labute approximate surface area is 115 Å². The van der Waals surface area contributed by atoms with Crippen LogP contribution in [0.15, 0.2) is 18.2 Å². The van der Waals surface area contributed by atoms with Crippen LogP contribution in [0.25, 0.3) is 11.3 Å². The first-order chi connectivity index (χ1) is 8.97. The zero-order valence-electron chi connectivity index (χ0n) is 12.2. The van der Waals surface area contributed by atoms with Crippen LogP contribution in [0.5, 0.6) is 0 Å². The van der Waals surface area contributed by atoms with Crippen molar-refractivity contribution in [3.63, 3.8) is 0 Å². The van der Waals surface area contributed by atoms with Crippen molar-refractivity contribution < 1.29 is 0 Å². The molecule has 19 heavy (non-hydrogen) atoms. The highest BCUT2D eigenvalue weighted by Gasteiger charge is 2.11. The number of nitrogens with two attached hydrogens (primary N) is 1. The molecule has 1 unspecified atom stereocenters. The van der Waals surface area contributed by atoms with Crippen molar-refractivity contribution >= 4 is 0 Å². The summed E-state index contributed by atoms with van der Waals surface area (Å²) in [6.45, 7) is 8.36. The van der Waals surface area contributed by atoms with E-state index in [9.17, 15) is 0 Å². The number of H-pyrrole nitrogens is 1. The maximum atomic E-state index is 5.80. The number of imidazole rings is 1. The minimum Gasteiger partial charge on any atom is -0.346 e. The molecular weight excluding hydrogens is 234 g/mol. The number of aryl methyl sites for hydroxylation is 4. The van der Waals surface area contributed by atoms with E-state index in [1.807, 2.05) is 6.92 Å². The number of nitrogens with one attached hydrogen (secondary N) is 1. The van der Waals surface area contributed by atoms with Crippen molar-refractivity contribution in [1.82, 2.24) is 9.97 Å². The van der Waals surface area contributed by atoms with Gasteiger partial charge in [-0.25, -0.2) is 4.98 Å². The molecule has 0 fully saturated rings. The predicted molar refractivity (Wildman–Crippen MR) is 80.2 cm³/mol. The van der Waals surface area contributed by atoms with Gasteiger partial charge in [-0.1, -0.05) is 23.8 Å². The van der Waals surface area contributed by atoms with Crippen LogP contribution in [0.1, 0.15) is 36.0 Å². The summed E-state index contributed by atoms with van der Waals surface area (Å²) in [7, 11) is 0. The fourth-order valence-electron chi connectivity index (χ4n) is 2.35. The predicted octanol–water partition coefficient (Wildman–Crippen LogP) is 3.28. The SMILES string of the molecule is Cc1ccc(-c2nc(CCC(C)N)[nH]c2C)c(C)c1. The highest BCUT2D eigenvalue weighted by atomic mass is 14.9. The molecule has 2 rings (SSSR count). The number of nitrogens with zero attached hydrogens (tertiary/aromatic N) is 1. The van der Waals surface area contributed by atoms with E-state index in [1.54, 1.807) is 0 Å². The minimum absolute atomic E-state index is 0.218. The summed E-state index contributed by atoms with van der Waals surface area (Å²) in [5.41, 5.74) is 11.8. The van der Waals surface area contributed by atoms with Gasteiger partial charge in [0, 0.05) is 23.7 Å². The second-order valence-corrected chi connectivity index (χ2v) is 5.49. The number of rotatable bonds is 4. The van der Waals surface area contributed by atoms with Gasteiger partial charge in [0.15, 0.2) is 0 Å². The van der Waals surface area contributed by atoms with Crippen LogP contribution >= 0.6 is 0 Å². The van der Waals surface area contributed by atoms with E-state index in [0.717, 1.165) is 30.1 Å². The number of hydrogen-bond acceptors (Lipinski definition) is 2. The molecule has 1 heterocycles. The molecule has 1 atom stereocenters. The largest absolute Gasteiger partial charge is 0.346 e. The molecule has 0 saturated heterocycles. The van der Waals surface area contributed by atoms with E-state index in [4.69, 9.17) is 10.7 Å². The lowest BCUT2D eigenvalue weighted by Crippen LogP contribution is -2.15. The van der Waals surface area contributed by atoms with E-state index < -0.39 is 0 Å². The van der Waals surface area contributed by atoms with Gasteiger partial charge in [-0.05, 0) is 39.7 Å². The Bertz CT molecular complexity index is 567. The van der Waals surface area contributed by atoms with Crippen molar-refractivity contribution in [1.29, 1.82) is 0 Å². The van der Waals surface area contributed by atoms with Crippen LogP contribution in [-0.4, -0.2) is 16.0 Å². The molecule has 0 spiro atoms. The summed E-state index contributed by atoms with van der Waals surface area (Å²) in [4.78, 5) is 8.11. The molecular formula is C16H23N3. The standard InChI is InChI=1S/C16H23N3/c1-10-5-7-14(11(2)9-10)16-13(4)18-15(19-16)8-6-12(3)17/h5,7,9,12H,6,8,17H2,1-4H3,(H,18,19). The Morgan fingerprint density at radius 1 is 1.26 bits per heavy atom. The molecule has 0 aliphatic carbocycles. The van der Waals surface area contributed by atoms with Crippen LogP contribution in [0, 0.1) is 20.8 Å². The van der Waals surface area contributed by atoms with Gasteiger partial charge in [0.1, 0.15) is 5.82 Å². The maximum Gasteiger partial charge on any atom is 0.107 e. The summed E-state index contributed by atoms with van der Waals surface area (Å²) in [5, 5.41) is 0. The summed E-state index contributed by atoms with van der Waals surface area (Å²) >= 11 is 0. The monoisotopic (exact) mass is 257 g/mol. The Kier molecular flexibility index (Phi) is 4.05. The molecule has 102 valence electrons. The molecule has 0 aliphatic heterocycles. The Morgan fingerprint density at radius 2 is 2.00 bits per heavy atom. The summed E-state index contributed by atoms with van der Waals surface area (Å²) < 4.78 is 0. The second-order valence-electron chi connectivity index (χ2n) is 5.49. The van der Waals surface area contributed by atoms with E-state index in [0.29, 0.717) is 0 Å². The van der Waals surface area contributed by atoms with Gasteiger partial charge in [0.2, 0.25) is 0 Å². The first-order valence-corrected chi connectivity index (χ1v) is 6.86. The van der Waals surface area contributed by atoms with Crippen molar-refractivity contribution in [3.05, 3.63) is 40.8 Å². The molecule has 3 nitrogen and oxygen atoms in total. The van der Waals surface area contributed by atoms with Crippen LogP contribution in [0.3, 0.4) is 0 Å². The fourth-order valence-corrected chi connectivity index (χ4v) is 2.35. The third-order valence-electron chi connectivity index (χ3n) is 3.41. The lowest BCUT2D eigenvalue weighted by Gasteiger charge is -2.05. The zero-order valence-corrected chi connectivity index (χ0v) is 12.2. The smallest absolute Gasteiger partial charge is 0.107 e. The third-order valence-corrected chi connectivity index (χ3v) is 3.41. The number of hydrogen-bond donors (Lipinski definition) is 2. The van der Waals surface area contributed by atoms with Crippen molar-refractivity contribution in [3.8, 4) is 11.3 Å². The van der Waals surface area contributed by atoms with Gasteiger partial charge in [0.25, 0.3) is 0 Å². The van der Waals surface area contributed by atoms with Crippen molar-refractivity contribution in [2.24, 2.45) is 5.73 Å². The van der Waals surface area contributed by atoms with Gasteiger partial charge in [-0.2, -0.15) is 0 Å². The lowest BCUT2D eigenvalue weighted by molar-refractivity contribution is 0.651. The lowest BCUT2D eigenvalue weighted by atomic mass is 10.0. The quantitative estimate of drug-likeness (QED) is 0.883. The molecule has 3 heteroatoms. The molecule has 0 amide bonds. The summed E-state index contributed by atoms with van der Waals surface area (Å²) in [6.07, 6.45) is 1.86. The van der Waals surface area contributed by atoms with Gasteiger partial charge < -0.3 is 10.7 Å². The first kappa shape index (κ1) is 13.8. The van der Waals surface area contributed by atoms with Gasteiger partial charge >= 0.3 is 0 Å². The van der Waals surface area contributed by atoms with E-state index in [-0.39, 0.29) is 6.04 Å². The highest BCUT2D eigenvalue weighted by Crippen LogP contribution is 2.25. The normalized spacial score (nSPS) is 12.7. The van der Waals surface area contributed by atoms with E-state index >= 15 is 0 Å². The van der Waals surface area contributed by atoms with Crippen LogP contribution < -0.4 is 5.73 Å². The van der Waals surface area contributed by atoms with Gasteiger partial charge in [-0.15, -0.1) is 0 Å². The van der Waals surface area contributed by atoms with Crippen LogP contribution in [0.4, 0.5) is 0 Å². The number of benzene rings is 1. The van der Waals surface area contributed by atoms with Gasteiger partial charge in [-0.3, -0.25) is 0 Å². The Hall–Kier alpha value is -1.61. The maximum absolute atomic E-state index is 5.80. The molecule has 0 radical (unpaired) electrons. The fraction of sp³-hybridized carbons (Fsp3) is 0.438. The van der Waals surface area contributed by atoms with Crippen molar-refractivity contribution in [2.45, 2.75) is 46.6 Å². The van der Waals surface area contributed by atoms with E-state index in [2.05, 4.69) is 44.0 Å². The average Bonchev–Trinajstić information content (AvgIpc) is 2.68. The first-order valence-electron chi connectivity index (χ1n) is 6.86. The zero-order chi connectivity index (χ0) is 14.0. The molecule has 0 aliphatic rings. The van der Waals surface area contributed by atoms with Crippen LogP contribution in [-0.2, 0) is 6.42 Å². The molecule has 0 saturated carbocycles. The second kappa shape index (κ2) is 5.57. The Morgan fingerprint density at radius 3 is 2.63 bits per heavy atom. The van der Waals surface area contributed by atoms with Crippen molar-refractivity contribution in [2.75, 3.05) is 0 Å². The molecule has 0 bridgehead atoms. The van der Waals surface area contributed by atoms with Crippen LogP contribution in [0.2, 0.25) is 0 Å². The summed E-state index contributed by atoms with van der Waals surface area (Å²) in [5.74, 6) is 1.03. The molecule has 1 aromatic heterocycles. The average molecular weight is 257 g/mol. The molecule has 2 aromatic rings. The number of aromatic amines is 1. The highest BCUT2D eigenvalue weighted by molar-refractivity contribution is 5.66. The molecule has 1 aromatic carbocycles. The minimum atomic E-state index is 0.218. The topological polar surface area (TPSA) is 54.7 Å². The van der Waals surface area contributed by atoms with Gasteiger partial charge in [0.05, 0.1) is 5.69 Å².